The van der Waals surface area contributed by atoms with E-state index in [0.717, 1.165) is 0 Å². The normalized spacial score (nSPS) is 16.1. The highest BCUT2D eigenvalue weighted by Crippen LogP contribution is 2.47. The molecule has 1 saturated carbocycles. The van der Waals surface area contributed by atoms with Gasteiger partial charge in [0.15, 0.2) is 5.82 Å². The van der Waals surface area contributed by atoms with Gasteiger partial charge in [-0.05, 0) is 41.5 Å². The first-order chi connectivity index (χ1) is 9.52. The molecule has 3 rings (SSSR count). The predicted octanol–water partition coefficient (Wildman–Crippen LogP) is 2.51. The van der Waals surface area contributed by atoms with Gasteiger partial charge in [0.1, 0.15) is 0 Å². The number of aliphatic carboxylic acids is 1. The van der Waals surface area contributed by atoms with Crippen LogP contribution >= 0.6 is 23.2 Å². The van der Waals surface area contributed by atoms with Crippen LogP contribution in [0.5, 0.6) is 0 Å². The molecule has 0 radical (unpaired) electrons. The smallest absolute Gasteiger partial charge is 0.311 e. The lowest BCUT2D eigenvalue weighted by molar-refractivity contribution is -0.144. The highest BCUT2D eigenvalue weighted by molar-refractivity contribution is 6.35. The molecule has 0 spiro atoms. The summed E-state index contributed by atoms with van der Waals surface area (Å²) >= 11 is 12.1. The summed E-state index contributed by atoms with van der Waals surface area (Å²) < 4.78 is 1.47. The molecule has 0 bridgehead atoms. The van der Waals surface area contributed by atoms with Crippen molar-refractivity contribution in [1.29, 1.82) is 0 Å². The molecular weight excluding hydrogens is 303 g/mol. The van der Waals surface area contributed by atoms with Crippen molar-refractivity contribution in [3.63, 3.8) is 0 Å². The van der Waals surface area contributed by atoms with E-state index in [1.54, 1.807) is 18.2 Å². The third-order valence-electron chi connectivity index (χ3n) is 3.46. The van der Waals surface area contributed by atoms with Crippen molar-refractivity contribution in [2.75, 3.05) is 0 Å². The molecule has 0 atom stereocenters. The lowest BCUT2D eigenvalue weighted by atomic mass is 10.1. The van der Waals surface area contributed by atoms with Crippen LogP contribution in [0.1, 0.15) is 12.8 Å². The first-order valence-corrected chi connectivity index (χ1v) is 6.72. The molecule has 20 heavy (non-hydrogen) atoms. The Morgan fingerprint density at radius 1 is 1.40 bits per heavy atom. The highest BCUT2D eigenvalue weighted by atomic mass is 35.5. The number of benzene rings is 1. The van der Waals surface area contributed by atoms with Crippen LogP contribution in [0.3, 0.4) is 0 Å². The first kappa shape index (κ1) is 13.3. The van der Waals surface area contributed by atoms with Crippen LogP contribution in [0.25, 0.3) is 11.4 Å². The van der Waals surface area contributed by atoms with Crippen LogP contribution in [-0.4, -0.2) is 31.3 Å². The van der Waals surface area contributed by atoms with Crippen LogP contribution in [0, 0.1) is 5.41 Å². The van der Waals surface area contributed by atoms with Crippen LogP contribution < -0.4 is 0 Å². The van der Waals surface area contributed by atoms with Gasteiger partial charge in [-0.25, -0.2) is 4.68 Å². The Hall–Kier alpha value is -1.66. The number of hydrogen-bond donors (Lipinski definition) is 1. The largest absolute Gasteiger partial charge is 0.481 e. The van der Waals surface area contributed by atoms with Gasteiger partial charge in [-0.2, -0.15) is 0 Å². The van der Waals surface area contributed by atoms with E-state index in [0.29, 0.717) is 34.3 Å². The summed E-state index contributed by atoms with van der Waals surface area (Å²) in [4.78, 5) is 11.2. The number of halogens is 2. The highest BCUT2D eigenvalue weighted by Gasteiger charge is 2.51. The zero-order valence-electron chi connectivity index (χ0n) is 10.3. The molecule has 2 aromatic rings. The van der Waals surface area contributed by atoms with Gasteiger partial charge in [-0.15, -0.1) is 5.10 Å². The van der Waals surface area contributed by atoms with E-state index in [2.05, 4.69) is 15.5 Å². The van der Waals surface area contributed by atoms with E-state index in [-0.39, 0.29) is 6.54 Å². The number of nitrogens with zero attached hydrogens (tertiary/aromatic N) is 4. The average molecular weight is 313 g/mol. The standard InChI is InChI=1S/C12H10Cl2N4O2/c13-7-1-2-9(14)8(5-7)10-15-16-17-18(10)6-12(3-4-12)11(19)20/h1-2,5H,3-4,6H2,(H,19,20). The van der Waals surface area contributed by atoms with Crippen molar-refractivity contribution >= 4 is 29.2 Å². The second kappa shape index (κ2) is 4.71. The van der Waals surface area contributed by atoms with Crippen molar-refractivity contribution in [3.8, 4) is 11.4 Å². The Kier molecular flexibility index (Phi) is 3.14. The second-order valence-corrected chi connectivity index (χ2v) is 5.71. The van der Waals surface area contributed by atoms with Crippen molar-refractivity contribution in [2.45, 2.75) is 19.4 Å². The molecule has 1 N–H and O–H groups in total. The summed E-state index contributed by atoms with van der Waals surface area (Å²) in [5.74, 6) is -0.402. The molecular formula is C12H10Cl2N4O2. The number of carboxylic acids is 1. The Morgan fingerprint density at radius 3 is 2.80 bits per heavy atom. The third kappa shape index (κ3) is 2.25. The zero-order valence-corrected chi connectivity index (χ0v) is 11.8. The van der Waals surface area contributed by atoms with E-state index < -0.39 is 11.4 Å². The molecule has 0 amide bonds. The minimum Gasteiger partial charge on any atom is -0.481 e. The van der Waals surface area contributed by atoms with Crippen LogP contribution in [0.15, 0.2) is 18.2 Å². The summed E-state index contributed by atoms with van der Waals surface area (Å²) in [6.45, 7) is 0.230. The SMILES string of the molecule is O=C(O)C1(Cn2nnnc2-c2cc(Cl)ccc2Cl)CC1. The summed E-state index contributed by atoms with van der Waals surface area (Å²) in [7, 11) is 0. The topological polar surface area (TPSA) is 80.9 Å². The molecule has 0 saturated heterocycles. The molecule has 6 nitrogen and oxygen atoms in total. The van der Waals surface area contributed by atoms with Crippen molar-refractivity contribution < 1.29 is 9.90 Å². The van der Waals surface area contributed by atoms with Crippen molar-refractivity contribution in [2.24, 2.45) is 5.41 Å². The van der Waals surface area contributed by atoms with E-state index in [9.17, 15) is 9.90 Å². The minimum absolute atomic E-state index is 0.230. The number of tetrazole rings is 1. The summed E-state index contributed by atoms with van der Waals surface area (Å²) in [6, 6.07) is 4.98. The summed E-state index contributed by atoms with van der Waals surface area (Å²) in [5.41, 5.74) is -0.166. The Bertz CT molecular complexity index is 682. The van der Waals surface area contributed by atoms with Gasteiger partial charge >= 0.3 is 5.97 Å². The monoisotopic (exact) mass is 312 g/mol. The lowest BCUT2D eigenvalue weighted by Crippen LogP contribution is -2.22. The Balaban J connectivity index is 1.98. The average Bonchev–Trinajstić information content (AvgIpc) is 3.05. The lowest BCUT2D eigenvalue weighted by Gasteiger charge is -2.11. The Labute approximate surface area is 124 Å². The van der Waals surface area contributed by atoms with E-state index in [1.165, 1.54) is 4.68 Å². The van der Waals surface area contributed by atoms with Crippen LogP contribution in [0.4, 0.5) is 0 Å². The number of carbonyl (C=O) groups is 1. The molecule has 1 aromatic heterocycles. The first-order valence-electron chi connectivity index (χ1n) is 5.97. The fourth-order valence-electron chi connectivity index (χ4n) is 2.05. The van der Waals surface area contributed by atoms with Gasteiger partial charge in [-0.3, -0.25) is 4.79 Å². The zero-order chi connectivity index (χ0) is 14.3. The quantitative estimate of drug-likeness (QED) is 0.938. The maximum Gasteiger partial charge on any atom is 0.311 e. The molecule has 1 aliphatic carbocycles. The van der Waals surface area contributed by atoms with Gasteiger partial charge in [0.25, 0.3) is 0 Å². The van der Waals surface area contributed by atoms with E-state index in [1.807, 2.05) is 0 Å². The molecule has 104 valence electrons. The molecule has 1 fully saturated rings. The maximum absolute atomic E-state index is 11.2. The molecule has 0 aliphatic heterocycles. The van der Waals surface area contributed by atoms with Gasteiger partial charge in [-0.1, -0.05) is 23.2 Å². The van der Waals surface area contributed by atoms with Crippen molar-refractivity contribution in [1.82, 2.24) is 20.2 Å². The van der Waals surface area contributed by atoms with Gasteiger partial charge in [0.05, 0.1) is 17.0 Å². The molecule has 1 heterocycles. The van der Waals surface area contributed by atoms with Gasteiger partial charge < -0.3 is 5.11 Å². The van der Waals surface area contributed by atoms with Crippen molar-refractivity contribution in [3.05, 3.63) is 28.2 Å². The van der Waals surface area contributed by atoms with E-state index >= 15 is 0 Å². The van der Waals surface area contributed by atoms with Gasteiger partial charge in [0, 0.05) is 10.6 Å². The number of hydrogen-bond acceptors (Lipinski definition) is 4. The molecule has 1 aliphatic rings. The molecule has 8 heteroatoms. The minimum atomic E-state index is -0.823. The molecule has 1 aromatic carbocycles. The second-order valence-electron chi connectivity index (χ2n) is 4.87. The van der Waals surface area contributed by atoms with Gasteiger partial charge in [0.2, 0.25) is 0 Å². The van der Waals surface area contributed by atoms with Crippen LogP contribution in [0.2, 0.25) is 10.0 Å². The maximum atomic E-state index is 11.2. The number of carboxylic acid groups (broad SMARTS) is 1. The summed E-state index contributed by atoms with van der Waals surface area (Å²) in [6.07, 6.45) is 1.26. The predicted molar refractivity (Wildman–Crippen MR) is 72.6 cm³/mol. The number of rotatable bonds is 4. The number of aromatic nitrogens is 4. The third-order valence-corrected chi connectivity index (χ3v) is 4.03. The molecule has 0 unspecified atom stereocenters. The fourth-order valence-corrected chi connectivity index (χ4v) is 2.42. The Morgan fingerprint density at radius 2 is 2.15 bits per heavy atom. The summed E-state index contributed by atoms with van der Waals surface area (Å²) in [5, 5.41) is 21.6. The van der Waals surface area contributed by atoms with Crippen LogP contribution in [-0.2, 0) is 11.3 Å². The fraction of sp³-hybridized carbons (Fsp3) is 0.333. The van der Waals surface area contributed by atoms with E-state index in [4.69, 9.17) is 23.2 Å².